The van der Waals surface area contributed by atoms with Crippen LogP contribution in [0.4, 0.5) is 4.39 Å². The lowest BCUT2D eigenvalue weighted by atomic mass is 9.96. The maximum absolute atomic E-state index is 13.6. The van der Waals surface area contributed by atoms with E-state index < -0.39 is 17.8 Å². The van der Waals surface area contributed by atoms with Crippen LogP contribution in [0, 0.1) is 5.82 Å². The van der Waals surface area contributed by atoms with Gasteiger partial charge in [-0.25, -0.2) is 14.2 Å². The van der Waals surface area contributed by atoms with E-state index in [0.29, 0.717) is 26.6 Å². The Morgan fingerprint density at radius 1 is 1.33 bits per heavy atom. The minimum Gasteiger partial charge on any atom is -0.497 e. The Bertz CT molecular complexity index is 1230. The summed E-state index contributed by atoms with van der Waals surface area (Å²) in [5, 5.41) is 13.8. The lowest BCUT2D eigenvalue weighted by Gasteiger charge is -2.25. The molecule has 2 heterocycles. The number of aliphatic imine (C=N–C) groups is 1. The number of benzene rings is 2. The lowest BCUT2D eigenvalue weighted by Crippen LogP contribution is -2.34. The van der Waals surface area contributed by atoms with E-state index in [4.69, 9.17) is 4.74 Å². The second-order valence-corrected chi connectivity index (χ2v) is 8.80. The number of ether oxygens (including phenoxy) is 1. The molecule has 30 heavy (non-hydrogen) atoms. The fourth-order valence-electron chi connectivity index (χ4n) is 3.14. The molecule has 1 unspecified atom stereocenters. The van der Waals surface area contributed by atoms with Gasteiger partial charge in [-0.3, -0.25) is 4.99 Å². The first kappa shape index (κ1) is 21.0. The Hall–Kier alpha value is -2.30. The molecular weight excluding hydrogens is 541 g/mol. The predicted octanol–water partition coefficient (Wildman–Crippen LogP) is 5.03. The number of thiazole rings is 1. The molecule has 2 aromatic carbocycles. The molecule has 1 aliphatic rings. The molecule has 0 bridgehead atoms. The summed E-state index contributed by atoms with van der Waals surface area (Å²) in [6.45, 7) is 0. The van der Waals surface area contributed by atoms with Crippen molar-refractivity contribution in [3.63, 3.8) is 0 Å². The molecule has 1 aliphatic heterocycles. The van der Waals surface area contributed by atoms with Crippen molar-refractivity contribution >= 4 is 65.2 Å². The number of carboxylic acid groups (broad SMARTS) is 1. The van der Waals surface area contributed by atoms with Crippen LogP contribution in [0.25, 0.3) is 10.2 Å². The highest BCUT2D eigenvalue weighted by molar-refractivity contribution is 9.10. The van der Waals surface area contributed by atoms with E-state index in [1.54, 1.807) is 7.11 Å². The first-order valence-corrected chi connectivity index (χ1v) is 11.4. The molecule has 0 fully saturated rings. The Balaban J connectivity index is 1.85. The minimum atomic E-state index is -1.10. The summed E-state index contributed by atoms with van der Waals surface area (Å²) in [4.78, 5) is 21.3. The van der Waals surface area contributed by atoms with E-state index in [9.17, 15) is 14.3 Å². The van der Waals surface area contributed by atoms with Crippen LogP contribution in [0.2, 0.25) is 0 Å². The average molecular weight is 555 g/mol. The van der Waals surface area contributed by atoms with Crippen LogP contribution in [0.5, 0.6) is 5.75 Å². The van der Waals surface area contributed by atoms with Crippen molar-refractivity contribution in [2.24, 2.45) is 4.99 Å². The third kappa shape index (κ3) is 3.86. The maximum atomic E-state index is 13.6. The number of alkyl halides is 1. The quantitative estimate of drug-likeness (QED) is 0.432. The van der Waals surface area contributed by atoms with E-state index in [1.807, 2.05) is 18.2 Å². The normalized spacial score (nSPS) is 16.4. The summed E-state index contributed by atoms with van der Waals surface area (Å²) < 4.78 is 20.2. The van der Waals surface area contributed by atoms with E-state index in [-0.39, 0.29) is 10.9 Å². The van der Waals surface area contributed by atoms with Crippen LogP contribution in [0.15, 0.2) is 57.1 Å². The van der Waals surface area contributed by atoms with E-state index >= 15 is 0 Å². The summed E-state index contributed by atoms with van der Waals surface area (Å²) in [7, 11) is 1.60. The lowest BCUT2D eigenvalue weighted by molar-refractivity contribution is -0.133. The first-order chi connectivity index (χ1) is 14.4. The molecule has 154 valence electrons. The summed E-state index contributed by atoms with van der Waals surface area (Å²) in [6, 6.07) is 8.86. The molecule has 2 N–H and O–H groups in total. The second-order valence-electron chi connectivity index (χ2n) is 6.35. The van der Waals surface area contributed by atoms with Crippen molar-refractivity contribution in [1.29, 1.82) is 0 Å². The van der Waals surface area contributed by atoms with E-state index in [2.05, 4.69) is 47.2 Å². The van der Waals surface area contributed by atoms with Crippen molar-refractivity contribution < 1.29 is 19.0 Å². The fraction of sp³-hybridized carbons (Fsp3) is 0.150. The number of hydrogen-bond acceptors (Lipinski definition) is 6. The molecule has 0 saturated carbocycles. The van der Waals surface area contributed by atoms with Gasteiger partial charge in [-0.15, -0.1) is 11.3 Å². The molecule has 4 rings (SSSR count). The van der Waals surface area contributed by atoms with Gasteiger partial charge in [-0.2, -0.15) is 0 Å². The first-order valence-electron chi connectivity index (χ1n) is 8.68. The zero-order valence-electron chi connectivity index (χ0n) is 15.4. The van der Waals surface area contributed by atoms with Gasteiger partial charge in [0, 0.05) is 15.5 Å². The van der Waals surface area contributed by atoms with Gasteiger partial charge < -0.3 is 15.2 Å². The molecule has 10 heteroatoms. The number of allylic oxidation sites excluding steroid dienone is 1. The highest BCUT2D eigenvalue weighted by atomic mass is 79.9. The van der Waals surface area contributed by atoms with E-state index in [1.165, 1.54) is 29.5 Å². The Kier molecular flexibility index (Phi) is 5.90. The monoisotopic (exact) mass is 553 g/mol. The molecule has 1 atom stereocenters. The Morgan fingerprint density at radius 3 is 2.80 bits per heavy atom. The number of carbonyl (C=O) groups is 1. The van der Waals surface area contributed by atoms with Gasteiger partial charge in [0.25, 0.3) is 0 Å². The molecule has 0 aliphatic carbocycles. The molecule has 0 radical (unpaired) electrons. The SMILES string of the molecule is COc1ccc2nc(C3=NC(c4ccc(F)cc4Br)C(C(=O)O)=C(CBr)N3)sc2c1. The Labute approximate surface area is 191 Å². The number of aliphatic carboxylic acids is 1. The number of carboxylic acids is 1. The van der Waals surface area contributed by atoms with Crippen molar-refractivity contribution in [2.75, 3.05) is 12.4 Å². The van der Waals surface area contributed by atoms with Gasteiger partial charge in [0.2, 0.25) is 0 Å². The molecule has 0 spiro atoms. The van der Waals surface area contributed by atoms with Crippen LogP contribution < -0.4 is 10.1 Å². The van der Waals surface area contributed by atoms with Gasteiger partial charge in [-0.1, -0.05) is 37.9 Å². The third-order valence-electron chi connectivity index (χ3n) is 4.55. The van der Waals surface area contributed by atoms with Crippen LogP contribution in [-0.2, 0) is 4.79 Å². The zero-order valence-corrected chi connectivity index (χ0v) is 19.4. The number of nitrogens with one attached hydrogen (secondary N) is 1. The van der Waals surface area contributed by atoms with Gasteiger partial charge >= 0.3 is 5.97 Å². The molecule has 6 nitrogen and oxygen atoms in total. The molecule has 0 amide bonds. The number of rotatable bonds is 5. The summed E-state index contributed by atoms with van der Waals surface area (Å²) >= 11 is 8.11. The number of hydrogen-bond donors (Lipinski definition) is 2. The smallest absolute Gasteiger partial charge is 0.335 e. The number of amidine groups is 1. The van der Waals surface area contributed by atoms with Crippen LogP contribution >= 0.6 is 43.2 Å². The van der Waals surface area contributed by atoms with Crippen LogP contribution in [0.1, 0.15) is 16.6 Å². The topological polar surface area (TPSA) is 83.8 Å². The van der Waals surface area contributed by atoms with Crippen LogP contribution in [-0.4, -0.2) is 34.3 Å². The number of aromatic nitrogens is 1. The van der Waals surface area contributed by atoms with Gasteiger partial charge in [0.1, 0.15) is 17.6 Å². The molecule has 1 aromatic heterocycles. The zero-order chi connectivity index (χ0) is 21.4. The molecular formula is C20H14Br2FN3O3S. The minimum absolute atomic E-state index is 0.0886. The number of fused-ring (bicyclic) bond motifs is 1. The summed E-state index contributed by atoms with van der Waals surface area (Å²) in [6.07, 6.45) is 0. The predicted molar refractivity (Wildman–Crippen MR) is 121 cm³/mol. The fourth-order valence-corrected chi connectivity index (χ4v) is 5.10. The van der Waals surface area contributed by atoms with Gasteiger partial charge in [-0.05, 0) is 35.9 Å². The number of methoxy groups -OCH3 is 1. The third-order valence-corrected chi connectivity index (χ3v) is 6.82. The van der Waals surface area contributed by atoms with Crippen molar-refractivity contribution in [2.45, 2.75) is 6.04 Å². The van der Waals surface area contributed by atoms with Crippen molar-refractivity contribution in [3.05, 3.63) is 68.5 Å². The van der Waals surface area contributed by atoms with Gasteiger partial charge in [0.15, 0.2) is 10.8 Å². The summed E-state index contributed by atoms with van der Waals surface area (Å²) in [5.41, 5.74) is 1.89. The standard InChI is InChI=1S/C20H14Br2FN3O3S/c1-29-10-3-5-13-15(7-10)30-19(25-13)18-24-14(8-21)16(20(27)28)17(26-18)11-4-2-9(23)6-12(11)22/h2-7,17H,8H2,1H3,(H,24,26)(H,27,28). The Morgan fingerprint density at radius 2 is 2.13 bits per heavy atom. The summed E-state index contributed by atoms with van der Waals surface area (Å²) in [5.74, 6) is -0.352. The van der Waals surface area contributed by atoms with Crippen molar-refractivity contribution in [3.8, 4) is 5.75 Å². The number of halogens is 3. The highest BCUT2D eigenvalue weighted by Crippen LogP contribution is 2.37. The number of nitrogens with zero attached hydrogens (tertiary/aromatic N) is 2. The van der Waals surface area contributed by atoms with E-state index in [0.717, 1.165) is 16.0 Å². The molecule has 0 saturated heterocycles. The largest absolute Gasteiger partial charge is 0.497 e. The highest BCUT2D eigenvalue weighted by Gasteiger charge is 2.32. The maximum Gasteiger partial charge on any atom is 0.335 e. The molecule has 3 aromatic rings. The van der Waals surface area contributed by atoms with Crippen molar-refractivity contribution in [1.82, 2.24) is 10.3 Å². The van der Waals surface area contributed by atoms with Gasteiger partial charge in [0.05, 0.1) is 22.9 Å². The average Bonchev–Trinajstić information content (AvgIpc) is 3.16. The van der Waals surface area contributed by atoms with Crippen LogP contribution in [0.3, 0.4) is 0 Å². The second kappa shape index (κ2) is 8.44.